The van der Waals surface area contributed by atoms with Crippen LogP contribution in [0.25, 0.3) is 0 Å². The number of nitrogens with one attached hydrogen (secondary N) is 1. The lowest BCUT2D eigenvalue weighted by atomic mass is 9.88. The zero-order valence-corrected chi connectivity index (χ0v) is 18.9. The predicted octanol–water partition coefficient (Wildman–Crippen LogP) is 5.67. The van der Waals surface area contributed by atoms with Crippen molar-refractivity contribution in [3.63, 3.8) is 0 Å². The Kier molecular flexibility index (Phi) is 6.85. The minimum atomic E-state index is -0.752. The Balaban J connectivity index is 1.42. The third kappa shape index (κ3) is 5.12. The summed E-state index contributed by atoms with van der Waals surface area (Å²) >= 11 is 7.49. The zero-order chi connectivity index (χ0) is 23.5. The van der Waals surface area contributed by atoms with E-state index < -0.39 is 23.3 Å². The molecule has 2 amide bonds. The van der Waals surface area contributed by atoms with E-state index in [1.54, 1.807) is 34.5 Å². The Morgan fingerprint density at radius 1 is 1.03 bits per heavy atom. The van der Waals surface area contributed by atoms with Gasteiger partial charge in [0.2, 0.25) is 0 Å². The van der Waals surface area contributed by atoms with Crippen LogP contribution in [0, 0.1) is 17.6 Å². The van der Waals surface area contributed by atoms with Crippen LogP contribution in [0.15, 0.2) is 53.9 Å². The summed E-state index contributed by atoms with van der Waals surface area (Å²) in [6.07, 6.45) is 0.687. The third-order valence-corrected chi connectivity index (χ3v) is 6.75. The van der Waals surface area contributed by atoms with Crippen LogP contribution in [0.2, 0.25) is 5.02 Å². The molecule has 4 rings (SSSR count). The molecule has 0 bridgehead atoms. The smallest absolute Gasteiger partial charge is 0.265 e. The summed E-state index contributed by atoms with van der Waals surface area (Å²) in [6, 6.07) is 10.9. The Hall–Kier alpha value is -3.10. The molecule has 0 radical (unpaired) electrons. The maximum atomic E-state index is 14.0. The Labute approximate surface area is 198 Å². The van der Waals surface area contributed by atoms with Gasteiger partial charge in [-0.3, -0.25) is 14.4 Å². The van der Waals surface area contributed by atoms with Crippen LogP contribution in [0.5, 0.6) is 0 Å². The van der Waals surface area contributed by atoms with Crippen LogP contribution in [0.3, 0.4) is 0 Å². The van der Waals surface area contributed by atoms with Crippen molar-refractivity contribution in [2.24, 2.45) is 5.92 Å². The Morgan fingerprint density at radius 3 is 2.48 bits per heavy atom. The summed E-state index contributed by atoms with van der Waals surface area (Å²) in [5.41, 5.74) is 0.415. The number of thiophene rings is 1. The normalized spacial score (nSPS) is 14.2. The van der Waals surface area contributed by atoms with Gasteiger partial charge in [0.15, 0.2) is 5.78 Å². The highest BCUT2D eigenvalue weighted by Gasteiger charge is 2.30. The molecule has 0 atom stereocenters. The summed E-state index contributed by atoms with van der Waals surface area (Å²) < 4.78 is 27.4. The fraction of sp³-hybridized carbons (Fsp3) is 0.208. The number of halogens is 3. The van der Waals surface area contributed by atoms with Gasteiger partial charge < -0.3 is 10.2 Å². The number of likely N-dealkylation sites (tertiary alicyclic amines) is 1. The molecule has 2 heterocycles. The lowest BCUT2D eigenvalue weighted by Crippen LogP contribution is -2.40. The predicted molar refractivity (Wildman–Crippen MR) is 123 cm³/mol. The largest absolute Gasteiger partial charge is 0.339 e. The molecule has 0 aliphatic carbocycles. The third-order valence-electron chi connectivity index (χ3n) is 5.55. The van der Waals surface area contributed by atoms with Gasteiger partial charge in [-0.05, 0) is 60.7 Å². The number of nitrogens with zero attached hydrogens (tertiary/aromatic N) is 1. The van der Waals surface area contributed by atoms with Gasteiger partial charge in [0.25, 0.3) is 11.8 Å². The van der Waals surface area contributed by atoms with E-state index in [1.165, 1.54) is 17.4 Å². The average Bonchev–Trinajstić information content (AvgIpc) is 3.36. The van der Waals surface area contributed by atoms with Crippen molar-refractivity contribution < 1.29 is 23.2 Å². The topological polar surface area (TPSA) is 66.5 Å². The minimum absolute atomic E-state index is 0.261. The van der Waals surface area contributed by atoms with Gasteiger partial charge in [-0.25, -0.2) is 8.78 Å². The molecule has 1 aliphatic heterocycles. The van der Waals surface area contributed by atoms with E-state index in [1.807, 2.05) is 0 Å². The molecule has 1 saturated heterocycles. The van der Waals surface area contributed by atoms with Gasteiger partial charge in [-0.2, -0.15) is 0 Å². The molecule has 1 aromatic heterocycles. The second kappa shape index (κ2) is 9.80. The number of Topliss-reactive ketones (excluding diaryl/α,β-unsaturated/α-hetero) is 1. The van der Waals surface area contributed by atoms with Crippen molar-refractivity contribution in [1.82, 2.24) is 4.90 Å². The van der Waals surface area contributed by atoms with Crippen LogP contribution in [-0.4, -0.2) is 35.6 Å². The van der Waals surface area contributed by atoms with Crippen LogP contribution >= 0.6 is 22.9 Å². The quantitative estimate of drug-likeness (QED) is 0.471. The molecule has 0 saturated carbocycles. The van der Waals surface area contributed by atoms with Crippen LogP contribution in [0.1, 0.15) is 43.2 Å². The van der Waals surface area contributed by atoms with Crippen molar-refractivity contribution in [3.8, 4) is 0 Å². The molecule has 0 spiro atoms. The fourth-order valence-corrected chi connectivity index (χ4v) is 4.56. The first-order chi connectivity index (χ1) is 15.8. The molecule has 170 valence electrons. The monoisotopic (exact) mass is 488 g/mol. The van der Waals surface area contributed by atoms with Gasteiger partial charge in [0, 0.05) is 24.6 Å². The zero-order valence-electron chi connectivity index (χ0n) is 17.3. The van der Waals surface area contributed by atoms with Gasteiger partial charge in [-0.15, -0.1) is 11.3 Å². The van der Waals surface area contributed by atoms with Crippen molar-refractivity contribution in [2.45, 2.75) is 12.8 Å². The molecule has 3 aromatic rings. The first kappa shape index (κ1) is 23.1. The SMILES string of the molecule is O=C(Nc1cc(C(=O)N2CCC(C(=O)c3cc(F)ccc3F)CC2)ccc1Cl)c1cccs1. The molecule has 0 unspecified atom stereocenters. The number of ketones is 1. The van der Waals surface area contributed by atoms with E-state index in [9.17, 15) is 23.2 Å². The van der Waals surface area contributed by atoms with Crippen molar-refractivity contribution in [2.75, 3.05) is 18.4 Å². The number of benzene rings is 2. The molecular formula is C24H19ClF2N2O3S. The summed E-state index contributed by atoms with van der Waals surface area (Å²) in [5.74, 6) is -2.95. The van der Waals surface area contributed by atoms with E-state index in [0.717, 1.165) is 18.2 Å². The number of carbonyl (C=O) groups is 3. The fourth-order valence-electron chi connectivity index (χ4n) is 3.78. The first-order valence-corrected chi connectivity index (χ1v) is 11.5. The molecule has 5 nitrogen and oxygen atoms in total. The molecule has 1 N–H and O–H groups in total. The maximum Gasteiger partial charge on any atom is 0.265 e. The number of rotatable bonds is 5. The number of hydrogen-bond acceptors (Lipinski definition) is 4. The number of anilines is 1. The summed E-state index contributed by atoms with van der Waals surface area (Å²) in [6.45, 7) is 0.595. The minimum Gasteiger partial charge on any atom is -0.339 e. The standard InChI is InChI=1S/C24H19ClF2N2O3S/c25-18-5-3-15(12-20(18)28-23(31)21-2-1-11-33-21)24(32)29-9-7-14(8-10-29)22(30)17-13-16(26)4-6-19(17)27/h1-6,11-14H,7-10H2,(H,28,31). The lowest BCUT2D eigenvalue weighted by Gasteiger charge is -2.31. The number of piperidine rings is 1. The van der Waals surface area contributed by atoms with Gasteiger partial charge in [0.1, 0.15) is 11.6 Å². The van der Waals surface area contributed by atoms with E-state index in [4.69, 9.17) is 11.6 Å². The second-order valence-corrected chi connectivity index (χ2v) is 9.04. The summed E-state index contributed by atoms with van der Waals surface area (Å²) in [7, 11) is 0. The highest BCUT2D eigenvalue weighted by Crippen LogP contribution is 2.28. The number of amides is 2. The molecule has 1 aliphatic rings. The average molecular weight is 489 g/mol. The van der Waals surface area contributed by atoms with Crippen molar-refractivity contribution in [3.05, 3.63) is 86.6 Å². The van der Waals surface area contributed by atoms with Crippen molar-refractivity contribution in [1.29, 1.82) is 0 Å². The number of carbonyl (C=O) groups excluding carboxylic acids is 3. The second-order valence-electron chi connectivity index (χ2n) is 7.68. The van der Waals surface area contributed by atoms with Gasteiger partial charge >= 0.3 is 0 Å². The summed E-state index contributed by atoms with van der Waals surface area (Å²) in [5, 5.41) is 4.81. The van der Waals surface area contributed by atoms with Crippen LogP contribution in [0.4, 0.5) is 14.5 Å². The molecule has 9 heteroatoms. The Morgan fingerprint density at radius 2 is 1.79 bits per heavy atom. The van der Waals surface area contributed by atoms with E-state index in [0.29, 0.717) is 47.1 Å². The van der Waals surface area contributed by atoms with Gasteiger partial charge in [-0.1, -0.05) is 17.7 Å². The Bertz CT molecular complexity index is 1210. The highest BCUT2D eigenvalue weighted by atomic mass is 35.5. The van der Waals surface area contributed by atoms with Gasteiger partial charge in [0.05, 0.1) is 21.2 Å². The van der Waals surface area contributed by atoms with Crippen LogP contribution in [-0.2, 0) is 0 Å². The molecule has 1 fully saturated rings. The van der Waals surface area contributed by atoms with Crippen LogP contribution < -0.4 is 5.32 Å². The first-order valence-electron chi connectivity index (χ1n) is 10.3. The molecular weight excluding hydrogens is 470 g/mol. The highest BCUT2D eigenvalue weighted by molar-refractivity contribution is 7.12. The summed E-state index contributed by atoms with van der Waals surface area (Å²) in [4.78, 5) is 40.1. The van der Waals surface area contributed by atoms with Crippen molar-refractivity contribution >= 4 is 46.2 Å². The van der Waals surface area contributed by atoms with E-state index in [2.05, 4.69) is 5.32 Å². The maximum absolute atomic E-state index is 14.0. The van der Waals surface area contributed by atoms with E-state index >= 15 is 0 Å². The lowest BCUT2D eigenvalue weighted by molar-refractivity contribution is 0.0649. The molecule has 2 aromatic carbocycles. The molecule has 33 heavy (non-hydrogen) atoms. The van der Waals surface area contributed by atoms with E-state index in [-0.39, 0.29) is 17.4 Å². The number of hydrogen-bond donors (Lipinski definition) is 1.